The number of benzene rings is 1. The molecule has 204 valence electrons. The van der Waals surface area contributed by atoms with Crippen molar-refractivity contribution >= 4 is 5.52 Å². The van der Waals surface area contributed by atoms with Crippen LogP contribution in [-0.4, -0.2) is 54.7 Å². The standard InChI is InChI=1S/C29H31F2N5O3/c1-16-7-17(8-25(32)28(16,2)37)21-5-6-33-12-18(21)9-26-34-13-20-3-4-24(35-36(20)26)27-22(30)10-19(11-23(27)31)29(38)14-39-15-29/h3-6,10-13,16-17,25,37-38H,7-9,14-15,32H2,1-2H3/t16-,17+,25+,28+/m0/s1. The molecule has 4 heterocycles. The Morgan fingerprint density at radius 3 is 2.51 bits per heavy atom. The number of nitrogens with two attached hydrogens (primary N) is 1. The molecule has 4 N–H and O–H groups in total. The van der Waals surface area contributed by atoms with Gasteiger partial charge in [0.15, 0.2) is 0 Å². The van der Waals surface area contributed by atoms with Crippen molar-refractivity contribution in [2.24, 2.45) is 11.7 Å². The van der Waals surface area contributed by atoms with Crippen LogP contribution in [0.3, 0.4) is 0 Å². The molecule has 39 heavy (non-hydrogen) atoms. The Morgan fingerprint density at radius 2 is 1.85 bits per heavy atom. The molecule has 4 atom stereocenters. The van der Waals surface area contributed by atoms with E-state index < -0.39 is 22.8 Å². The predicted molar refractivity (Wildman–Crippen MR) is 140 cm³/mol. The lowest BCUT2D eigenvalue weighted by Crippen LogP contribution is -2.54. The molecular weight excluding hydrogens is 504 g/mol. The number of ether oxygens (including phenoxy) is 1. The number of rotatable bonds is 5. The van der Waals surface area contributed by atoms with Crippen LogP contribution >= 0.6 is 0 Å². The number of hydrogen-bond donors (Lipinski definition) is 3. The number of imidazole rings is 1. The van der Waals surface area contributed by atoms with Crippen LogP contribution < -0.4 is 5.73 Å². The normalized spacial score (nSPS) is 26.5. The van der Waals surface area contributed by atoms with Crippen molar-refractivity contribution in [3.63, 3.8) is 0 Å². The van der Waals surface area contributed by atoms with Crippen molar-refractivity contribution in [3.05, 3.63) is 83.1 Å². The third-order valence-electron chi connectivity index (χ3n) is 8.63. The summed E-state index contributed by atoms with van der Waals surface area (Å²) in [5.41, 5.74) is 6.77. The van der Waals surface area contributed by atoms with Crippen LogP contribution in [0.2, 0.25) is 0 Å². The molecule has 2 aliphatic rings. The average molecular weight is 536 g/mol. The fourth-order valence-corrected chi connectivity index (χ4v) is 5.82. The maximum Gasteiger partial charge on any atom is 0.136 e. The third-order valence-corrected chi connectivity index (χ3v) is 8.63. The number of halogens is 2. The van der Waals surface area contributed by atoms with E-state index in [1.54, 1.807) is 42.2 Å². The van der Waals surface area contributed by atoms with Gasteiger partial charge in [0.25, 0.3) is 0 Å². The first-order chi connectivity index (χ1) is 18.6. The summed E-state index contributed by atoms with van der Waals surface area (Å²) in [6.45, 7) is 3.81. The summed E-state index contributed by atoms with van der Waals surface area (Å²) in [5, 5.41) is 25.8. The highest BCUT2D eigenvalue weighted by Gasteiger charge is 2.42. The molecule has 10 heteroatoms. The number of aromatic nitrogens is 4. The summed E-state index contributed by atoms with van der Waals surface area (Å²) in [6.07, 6.45) is 7.06. The van der Waals surface area contributed by atoms with Gasteiger partial charge in [0.05, 0.1) is 41.8 Å². The van der Waals surface area contributed by atoms with Crippen molar-refractivity contribution in [3.8, 4) is 11.3 Å². The second-order valence-corrected chi connectivity index (χ2v) is 11.2. The molecular formula is C29H31F2N5O3. The monoisotopic (exact) mass is 535 g/mol. The van der Waals surface area contributed by atoms with Gasteiger partial charge in [-0.3, -0.25) is 4.98 Å². The smallest absolute Gasteiger partial charge is 0.136 e. The van der Waals surface area contributed by atoms with Crippen molar-refractivity contribution in [2.45, 2.75) is 56.3 Å². The Balaban J connectivity index is 1.33. The predicted octanol–water partition coefficient (Wildman–Crippen LogP) is 3.47. The fourth-order valence-electron chi connectivity index (χ4n) is 5.82. The summed E-state index contributed by atoms with van der Waals surface area (Å²) in [7, 11) is 0. The zero-order valence-electron chi connectivity index (χ0n) is 21.8. The molecule has 6 rings (SSSR count). The van der Waals surface area contributed by atoms with Crippen LogP contribution in [0.4, 0.5) is 8.78 Å². The third kappa shape index (κ3) is 4.41. The number of fused-ring (bicyclic) bond motifs is 1. The van der Waals surface area contributed by atoms with E-state index in [0.717, 1.165) is 29.7 Å². The van der Waals surface area contributed by atoms with E-state index in [0.29, 0.717) is 24.2 Å². The summed E-state index contributed by atoms with van der Waals surface area (Å²) < 4.78 is 36.9. The Morgan fingerprint density at radius 1 is 1.10 bits per heavy atom. The van der Waals surface area contributed by atoms with E-state index in [-0.39, 0.29) is 47.9 Å². The van der Waals surface area contributed by atoms with Crippen molar-refractivity contribution in [1.29, 1.82) is 0 Å². The average Bonchev–Trinajstić information content (AvgIpc) is 3.27. The molecule has 1 saturated heterocycles. The van der Waals surface area contributed by atoms with Gasteiger partial charge in [0, 0.05) is 24.9 Å². The van der Waals surface area contributed by atoms with Gasteiger partial charge in [-0.15, -0.1) is 0 Å². The van der Waals surface area contributed by atoms with Gasteiger partial charge in [0.1, 0.15) is 23.1 Å². The summed E-state index contributed by atoms with van der Waals surface area (Å²) in [5.74, 6) is -0.850. The van der Waals surface area contributed by atoms with Gasteiger partial charge in [-0.25, -0.2) is 18.3 Å². The Kier molecular flexibility index (Phi) is 6.26. The van der Waals surface area contributed by atoms with Crippen LogP contribution in [-0.2, 0) is 16.8 Å². The van der Waals surface area contributed by atoms with E-state index >= 15 is 8.78 Å². The van der Waals surface area contributed by atoms with Crippen LogP contribution in [0.25, 0.3) is 16.8 Å². The van der Waals surface area contributed by atoms with Crippen molar-refractivity contribution < 1.29 is 23.7 Å². The van der Waals surface area contributed by atoms with E-state index in [1.807, 2.05) is 13.0 Å². The molecule has 2 fully saturated rings. The fraction of sp³-hybridized carbons (Fsp3) is 0.414. The number of nitrogens with zero attached hydrogens (tertiary/aromatic N) is 4. The Bertz CT molecular complexity index is 1510. The van der Waals surface area contributed by atoms with Gasteiger partial charge >= 0.3 is 0 Å². The lowest BCUT2D eigenvalue weighted by atomic mass is 9.67. The minimum absolute atomic E-state index is 0.00478. The molecule has 4 aromatic rings. The lowest BCUT2D eigenvalue weighted by Gasteiger charge is -2.44. The van der Waals surface area contributed by atoms with Crippen molar-refractivity contribution in [1.82, 2.24) is 19.6 Å². The molecule has 3 aromatic heterocycles. The molecule has 1 aromatic carbocycles. The molecule has 8 nitrogen and oxygen atoms in total. The minimum Gasteiger partial charge on any atom is -0.388 e. The molecule has 1 aliphatic heterocycles. The largest absolute Gasteiger partial charge is 0.388 e. The van der Waals surface area contributed by atoms with E-state index in [4.69, 9.17) is 10.5 Å². The van der Waals surface area contributed by atoms with Gasteiger partial charge in [-0.05, 0) is 78.6 Å². The van der Waals surface area contributed by atoms with Crippen LogP contribution in [0.5, 0.6) is 0 Å². The van der Waals surface area contributed by atoms with Gasteiger partial charge in [0.2, 0.25) is 0 Å². The van der Waals surface area contributed by atoms with Gasteiger partial charge < -0.3 is 20.7 Å². The maximum absolute atomic E-state index is 15.1. The molecule has 0 amide bonds. The number of pyridine rings is 1. The summed E-state index contributed by atoms with van der Waals surface area (Å²) in [4.78, 5) is 8.88. The highest BCUT2D eigenvalue weighted by atomic mass is 19.1. The highest BCUT2D eigenvalue weighted by Crippen LogP contribution is 2.42. The Labute approximate surface area is 224 Å². The first-order valence-corrected chi connectivity index (χ1v) is 13.1. The zero-order chi connectivity index (χ0) is 27.5. The maximum atomic E-state index is 15.1. The summed E-state index contributed by atoms with van der Waals surface area (Å²) >= 11 is 0. The number of hydrogen-bond acceptors (Lipinski definition) is 7. The molecule has 1 saturated carbocycles. The van der Waals surface area contributed by atoms with Crippen LogP contribution in [0, 0.1) is 17.6 Å². The van der Waals surface area contributed by atoms with Gasteiger partial charge in [-0.1, -0.05) is 6.92 Å². The SMILES string of the molecule is C[C@H]1C[C@@H](c2ccncc2Cc2ncc3ccc(-c4c(F)cc(C5(O)COC5)cc4F)nn23)C[C@@H](N)[C@]1(C)O. The molecule has 1 aliphatic carbocycles. The first kappa shape index (κ1) is 25.9. The number of aliphatic hydroxyl groups is 2. The van der Waals surface area contributed by atoms with Gasteiger partial charge in [-0.2, -0.15) is 5.10 Å². The topological polar surface area (TPSA) is 119 Å². The molecule has 0 unspecified atom stereocenters. The second kappa shape index (κ2) is 9.41. The quantitative estimate of drug-likeness (QED) is 0.358. The van der Waals surface area contributed by atoms with E-state index in [9.17, 15) is 10.2 Å². The van der Waals surface area contributed by atoms with E-state index in [1.165, 1.54) is 0 Å². The second-order valence-electron chi connectivity index (χ2n) is 11.2. The zero-order valence-corrected chi connectivity index (χ0v) is 21.8. The van der Waals surface area contributed by atoms with Crippen LogP contribution in [0.1, 0.15) is 55.1 Å². The highest BCUT2D eigenvalue weighted by molar-refractivity contribution is 5.63. The first-order valence-electron chi connectivity index (χ1n) is 13.1. The van der Waals surface area contributed by atoms with Crippen molar-refractivity contribution in [2.75, 3.05) is 13.2 Å². The Hall–Kier alpha value is -3.31. The molecule has 0 spiro atoms. The van der Waals surface area contributed by atoms with Crippen LogP contribution in [0.15, 0.2) is 48.9 Å². The molecule has 0 radical (unpaired) electrons. The molecule has 0 bridgehead atoms. The van der Waals surface area contributed by atoms with E-state index in [2.05, 4.69) is 15.1 Å². The summed E-state index contributed by atoms with van der Waals surface area (Å²) in [6, 6.07) is 7.18. The lowest BCUT2D eigenvalue weighted by molar-refractivity contribution is -0.184. The minimum atomic E-state index is -1.38.